The van der Waals surface area contributed by atoms with Gasteiger partial charge in [0.1, 0.15) is 6.04 Å². The molecular weight excluding hydrogens is 206 g/mol. The molecule has 0 aromatic carbocycles. The zero-order chi connectivity index (χ0) is 12.0. The van der Waals surface area contributed by atoms with Gasteiger partial charge in [0.05, 0.1) is 6.10 Å². The molecule has 2 atom stereocenters. The van der Waals surface area contributed by atoms with E-state index in [0.717, 1.165) is 26.1 Å². The van der Waals surface area contributed by atoms with Crippen molar-refractivity contribution in [1.82, 2.24) is 15.5 Å². The number of aliphatic hydroxyl groups is 1. The standard InChI is InChI=1S/C11H23N3O2/c1-3-13-11(16)10-8-12-5-7-14(10)6-4-9(2)15/h9-10,12,15H,3-8H2,1-2H3,(H,13,16). The summed E-state index contributed by atoms with van der Waals surface area (Å²) in [5, 5.41) is 15.3. The van der Waals surface area contributed by atoms with Gasteiger partial charge in [-0.25, -0.2) is 0 Å². The number of nitrogens with one attached hydrogen (secondary N) is 2. The van der Waals surface area contributed by atoms with Crippen LogP contribution in [-0.2, 0) is 4.79 Å². The summed E-state index contributed by atoms with van der Waals surface area (Å²) in [6.45, 7) is 7.63. The van der Waals surface area contributed by atoms with Gasteiger partial charge in [-0.2, -0.15) is 0 Å². The first-order valence-corrected chi connectivity index (χ1v) is 6.05. The number of aliphatic hydroxyl groups excluding tert-OH is 1. The van der Waals surface area contributed by atoms with Gasteiger partial charge in [0.25, 0.3) is 0 Å². The Hall–Kier alpha value is -0.650. The number of nitrogens with zero attached hydrogens (tertiary/aromatic N) is 1. The summed E-state index contributed by atoms with van der Waals surface area (Å²) in [4.78, 5) is 13.9. The second kappa shape index (κ2) is 6.83. The zero-order valence-corrected chi connectivity index (χ0v) is 10.2. The lowest BCUT2D eigenvalue weighted by atomic mass is 10.1. The van der Waals surface area contributed by atoms with E-state index in [1.54, 1.807) is 6.92 Å². The maximum atomic E-state index is 11.8. The van der Waals surface area contributed by atoms with E-state index < -0.39 is 0 Å². The predicted molar refractivity (Wildman–Crippen MR) is 63.2 cm³/mol. The minimum Gasteiger partial charge on any atom is -0.393 e. The molecule has 94 valence electrons. The second-order valence-electron chi connectivity index (χ2n) is 4.29. The fourth-order valence-electron chi connectivity index (χ4n) is 1.92. The number of amides is 1. The minimum atomic E-state index is -0.301. The molecule has 0 aromatic heterocycles. The van der Waals surface area contributed by atoms with E-state index >= 15 is 0 Å². The molecule has 2 unspecified atom stereocenters. The van der Waals surface area contributed by atoms with E-state index in [4.69, 9.17) is 0 Å². The van der Waals surface area contributed by atoms with Gasteiger partial charge < -0.3 is 15.7 Å². The van der Waals surface area contributed by atoms with Crippen LogP contribution in [0.3, 0.4) is 0 Å². The van der Waals surface area contributed by atoms with Crippen molar-refractivity contribution in [3.63, 3.8) is 0 Å². The summed E-state index contributed by atoms with van der Waals surface area (Å²) in [5.41, 5.74) is 0. The van der Waals surface area contributed by atoms with E-state index in [1.165, 1.54) is 0 Å². The van der Waals surface area contributed by atoms with Gasteiger partial charge in [-0.3, -0.25) is 9.69 Å². The molecule has 5 nitrogen and oxygen atoms in total. The molecule has 1 aliphatic heterocycles. The largest absolute Gasteiger partial charge is 0.393 e. The second-order valence-corrected chi connectivity index (χ2v) is 4.29. The number of carbonyl (C=O) groups is 1. The van der Waals surface area contributed by atoms with Crippen LogP contribution >= 0.6 is 0 Å². The molecule has 0 bridgehead atoms. The number of rotatable bonds is 5. The third-order valence-electron chi connectivity index (χ3n) is 2.84. The molecule has 1 aliphatic rings. The van der Waals surface area contributed by atoms with Crippen molar-refractivity contribution in [2.75, 3.05) is 32.7 Å². The summed E-state index contributed by atoms with van der Waals surface area (Å²) >= 11 is 0. The highest BCUT2D eigenvalue weighted by Crippen LogP contribution is 2.05. The van der Waals surface area contributed by atoms with Crippen LogP contribution < -0.4 is 10.6 Å². The minimum absolute atomic E-state index is 0.0836. The Morgan fingerprint density at radius 1 is 1.69 bits per heavy atom. The molecular formula is C11H23N3O2. The van der Waals surface area contributed by atoms with Crippen LogP contribution in [0.15, 0.2) is 0 Å². The predicted octanol–water partition coefficient (Wildman–Crippen LogP) is -0.833. The summed E-state index contributed by atoms with van der Waals surface area (Å²) in [7, 11) is 0. The molecule has 0 radical (unpaired) electrons. The molecule has 1 saturated heterocycles. The van der Waals surface area contributed by atoms with E-state index in [9.17, 15) is 9.90 Å². The van der Waals surface area contributed by atoms with E-state index in [-0.39, 0.29) is 18.1 Å². The third kappa shape index (κ3) is 4.08. The van der Waals surface area contributed by atoms with Gasteiger partial charge in [0, 0.05) is 32.7 Å². The molecule has 0 aromatic rings. The Kier molecular flexibility index (Phi) is 5.73. The normalized spacial score (nSPS) is 24.1. The smallest absolute Gasteiger partial charge is 0.238 e. The van der Waals surface area contributed by atoms with Crippen molar-refractivity contribution in [3.8, 4) is 0 Å². The van der Waals surface area contributed by atoms with Crippen LogP contribution in [0.25, 0.3) is 0 Å². The fourth-order valence-corrected chi connectivity index (χ4v) is 1.92. The molecule has 16 heavy (non-hydrogen) atoms. The van der Waals surface area contributed by atoms with Crippen LogP contribution in [0.5, 0.6) is 0 Å². The molecule has 1 rings (SSSR count). The van der Waals surface area contributed by atoms with Crippen LogP contribution in [0.4, 0.5) is 0 Å². The number of hydrogen-bond donors (Lipinski definition) is 3. The van der Waals surface area contributed by atoms with Crippen molar-refractivity contribution >= 4 is 5.91 Å². The van der Waals surface area contributed by atoms with E-state index in [2.05, 4.69) is 15.5 Å². The Balaban J connectivity index is 2.46. The lowest BCUT2D eigenvalue weighted by Crippen LogP contribution is -2.58. The van der Waals surface area contributed by atoms with Gasteiger partial charge in [-0.05, 0) is 20.3 Å². The van der Waals surface area contributed by atoms with Gasteiger partial charge in [-0.15, -0.1) is 0 Å². The first-order chi connectivity index (χ1) is 7.65. The first kappa shape index (κ1) is 13.4. The van der Waals surface area contributed by atoms with Gasteiger partial charge in [0.15, 0.2) is 0 Å². The highest BCUT2D eigenvalue weighted by Gasteiger charge is 2.27. The summed E-state index contributed by atoms with van der Waals surface area (Å²) in [6.07, 6.45) is 0.417. The quantitative estimate of drug-likeness (QED) is 0.575. The lowest BCUT2D eigenvalue weighted by Gasteiger charge is -2.35. The van der Waals surface area contributed by atoms with Crippen LogP contribution in [-0.4, -0.2) is 60.8 Å². The Morgan fingerprint density at radius 2 is 2.44 bits per heavy atom. The Morgan fingerprint density at radius 3 is 3.06 bits per heavy atom. The number of hydrogen-bond acceptors (Lipinski definition) is 4. The molecule has 0 spiro atoms. The number of piperazine rings is 1. The fraction of sp³-hybridized carbons (Fsp3) is 0.909. The number of carbonyl (C=O) groups excluding carboxylic acids is 1. The monoisotopic (exact) mass is 229 g/mol. The maximum Gasteiger partial charge on any atom is 0.238 e. The molecule has 0 saturated carbocycles. The Bertz CT molecular complexity index is 221. The van der Waals surface area contributed by atoms with Crippen LogP contribution in [0, 0.1) is 0 Å². The topological polar surface area (TPSA) is 64.6 Å². The maximum absolute atomic E-state index is 11.8. The highest BCUT2D eigenvalue weighted by atomic mass is 16.3. The molecule has 1 fully saturated rings. The molecule has 5 heteroatoms. The molecule has 1 heterocycles. The average Bonchev–Trinajstić information content (AvgIpc) is 2.27. The SMILES string of the molecule is CCNC(=O)C1CNCCN1CCC(C)O. The van der Waals surface area contributed by atoms with Crippen LogP contribution in [0.2, 0.25) is 0 Å². The van der Waals surface area contributed by atoms with Gasteiger partial charge >= 0.3 is 0 Å². The summed E-state index contributed by atoms with van der Waals surface area (Å²) < 4.78 is 0. The third-order valence-corrected chi connectivity index (χ3v) is 2.84. The lowest BCUT2D eigenvalue weighted by molar-refractivity contribution is -0.127. The number of likely N-dealkylation sites (N-methyl/N-ethyl adjacent to an activating group) is 1. The summed E-state index contributed by atoms with van der Waals surface area (Å²) in [5.74, 6) is 0.0836. The van der Waals surface area contributed by atoms with Gasteiger partial charge in [0.2, 0.25) is 5.91 Å². The Labute approximate surface area is 97.2 Å². The molecule has 3 N–H and O–H groups in total. The van der Waals surface area contributed by atoms with Crippen LogP contribution in [0.1, 0.15) is 20.3 Å². The van der Waals surface area contributed by atoms with Crippen molar-refractivity contribution < 1.29 is 9.90 Å². The van der Waals surface area contributed by atoms with Crippen molar-refractivity contribution in [2.24, 2.45) is 0 Å². The van der Waals surface area contributed by atoms with Gasteiger partial charge in [-0.1, -0.05) is 0 Å². The van der Waals surface area contributed by atoms with Crippen molar-refractivity contribution in [3.05, 3.63) is 0 Å². The van der Waals surface area contributed by atoms with E-state index in [1.807, 2.05) is 6.92 Å². The first-order valence-electron chi connectivity index (χ1n) is 6.05. The van der Waals surface area contributed by atoms with Crippen molar-refractivity contribution in [2.45, 2.75) is 32.4 Å². The zero-order valence-electron chi connectivity index (χ0n) is 10.2. The molecule has 0 aliphatic carbocycles. The summed E-state index contributed by atoms with van der Waals surface area (Å²) in [6, 6.07) is -0.0903. The highest BCUT2D eigenvalue weighted by molar-refractivity contribution is 5.82. The van der Waals surface area contributed by atoms with E-state index in [0.29, 0.717) is 13.1 Å². The average molecular weight is 229 g/mol. The van der Waals surface area contributed by atoms with Crippen molar-refractivity contribution in [1.29, 1.82) is 0 Å². The molecule has 1 amide bonds.